The molecule has 0 aromatic heterocycles. The average molecular weight is 554 g/mol. The molecule has 1 amide bonds. The molecule has 3 N–H and O–H groups in total. The number of alkyl halides is 3. The second-order valence-corrected chi connectivity index (χ2v) is 9.60. The van der Waals surface area contributed by atoms with Crippen molar-refractivity contribution in [3.63, 3.8) is 0 Å². The summed E-state index contributed by atoms with van der Waals surface area (Å²) in [5.41, 5.74) is 0.431. The Kier molecular flexibility index (Phi) is 9.47. The van der Waals surface area contributed by atoms with Crippen molar-refractivity contribution in [1.29, 1.82) is 0 Å². The Balaban J connectivity index is 1.67. The number of halogens is 4. The molecule has 1 atom stereocenters. The van der Waals surface area contributed by atoms with Crippen molar-refractivity contribution in [3.05, 3.63) is 77.3 Å². The van der Waals surface area contributed by atoms with Gasteiger partial charge in [-0.15, -0.1) is 11.8 Å². The van der Waals surface area contributed by atoms with Crippen LogP contribution in [0.1, 0.15) is 18.9 Å². The number of thioether (sulfide) groups is 1. The van der Waals surface area contributed by atoms with Crippen LogP contribution in [0.5, 0.6) is 5.75 Å². The molecule has 0 bridgehead atoms. The number of anilines is 3. The first-order valence-electron chi connectivity index (χ1n) is 10.8. The molecule has 0 aliphatic carbocycles. The van der Waals surface area contributed by atoms with Crippen LogP contribution in [0.4, 0.5) is 30.2 Å². The third kappa shape index (κ3) is 7.52. The summed E-state index contributed by atoms with van der Waals surface area (Å²) in [5.74, 6) is 0.194. The maximum Gasteiger partial charge on any atom is 0.416 e. The fourth-order valence-electron chi connectivity index (χ4n) is 3.18. The third-order valence-electron chi connectivity index (χ3n) is 4.94. The van der Waals surface area contributed by atoms with Crippen LogP contribution in [-0.4, -0.2) is 23.4 Å². The Morgan fingerprint density at radius 1 is 1.03 bits per heavy atom. The van der Waals surface area contributed by atoms with Crippen molar-refractivity contribution in [2.24, 2.45) is 0 Å². The minimum atomic E-state index is -4.54. The van der Waals surface area contributed by atoms with E-state index in [0.717, 1.165) is 23.1 Å². The van der Waals surface area contributed by atoms with Gasteiger partial charge in [-0.3, -0.25) is 4.79 Å². The second-order valence-electron chi connectivity index (χ2n) is 7.50. The van der Waals surface area contributed by atoms with Crippen molar-refractivity contribution in [3.8, 4) is 5.75 Å². The minimum Gasteiger partial charge on any atom is -0.495 e. The summed E-state index contributed by atoms with van der Waals surface area (Å²) in [6, 6.07) is 17.5. The number of benzene rings is 3. The maximum atomic E-state index is 13.1. The molecule has 190 valence electrons. The van der Waals surface area contributed by atoms with E-state index in [0.29, 0.717) is 28.7 Å². The molecule has 3 aromatic carbocycles. The molecule has 0 radical (unpaired) electrons. The number of carbonyl (C=O) groups is 1. The van der Waals surface area contributed by atoms with Crippen LogP contribution in [0.15, 0.2) is 71.6 Å². The molecule has 36 heavy (non-hydrogen) atoms. The van der Waals surface area contributed by atoms with Crippen molar-refractivity contribution in [2.75, 3.05) is 23.1 Å². The highest BCUT2D eigenvalue weighted by Gasteiger charge is 2.31. The summed E-state index contributed by atoms with van der Waals surface area (Å²) < 4.78 is 44.5. The number of rotatable bonds is 8. The van der Waals surface area contributed by atoms with E-state index < -0.39 is 22.9 Å². The quantitative estimate of drug-likeness (QED) is 0.196. The monoisotopic (exact) mass is 553 g/mol. The van der Waals surface area contributed by atoms with Gasteiger partial charge in [0.05, 0.1) is 34.3 Å². The molecule has 3 aromatic rings. The van der Waals surface area contributed by atoms with Gasteiger partial charge in [-0.2, -0.15) is 13.2 Å². The zero-order chi connectivity index (χ0) is 26.3. The SMILES string of the molecule is CCC(Sc1cccc(NC(=S)Nc2ccccc2OC)c1)C(=O)Nc1cc(C(F)(F)F)ccc1Cl. The van der Waals surface area contributed by atoms with Gasteiger partial charge in [0.2, 0.25) is 5.91 Å². The van der Waals surface area contributed by atoms with Crippen molar-refractivity contribution < 1.29 is 22.7 Å². The van der Waals surface area contributed by atoms with E-state index in [2.05, 4.69) is 16.0 Å². The number of methoxy groups -OCH3 is 1. The van der Waals surface area contributed by atoms with Gasteiger partial charge >= 0.3 is 6.18 Å². The van der Waals surface area contributed by atoms with E-state index in [1.54, 1.807) is 7.11 Å². The van der Waals surface area contributed by atoms with Crippen molar-refractivity contribution in [1.82, 2.24) is 0 Å². The first-order chi connectivity index (χ1) is 17.1. The number of nitrogens with one attached hydrogen (secondary N) is 3. The summed E-state index contributed by atoms with van der Waals surface area (Å²) in [6.45, 7) is 1.82. The maximum absolute atomic E-state index is 13.1. The van der Waals surface area contributed by atoms with Gasteiger partial charge in [0.25, 0.3) is 0 Å². The molecule has 0 aliphatic rings. The van der Waals surface area contributed by atoms with E-state index in [4.69, 9.17) is 28.6 Å². The molecule has 0 heterocycles. The lowest BCUT2D eigenvalue weighted by atomic mass is 10.2. The Bertz CT molecular complexity index is 1240. The van der Waals surface area contributed by atoms with E-state index in [1.165, 1.54) is 11.8 Å². The fraction of sp³-hybridized carbons (Fsp3) is 0.200. The molecule has 0 spiro atoms. The number of amides is 1. The molecule has 0 aliphatic heterocycles. The Hall–Kier alpha value is -2.95. The Labute approximate surface area is 221 Å². The van der Waals surface area contributed by atoms with Gasteiger partial charge in [0, 0.05) is 10.6 Å². The number of carbonyl (C=O) groups excluding carboxylic acids is 1. The minimum absolute atomic E-state index is 0.0264. The zero-order valence-electron chi connectivity index (χ0n) is 19.3. The van der Waals surface area contributed by atoms with E-state index in [-0.39, 0.29) is 10.7 Å². The number of ether oxygens (including phenoxy) is 1. The van der Waals surface area contributed by atoms with Gasteiger partial charge < -0.3 is 20.7 Å². The largest absolute Gasteiger partial charge is 0.495 e. The normalized spacial score (nSPS) is 11.9. The number of hydrogen-bond donors (Lipinski definition) is 3. The highest BCUT2D eigenvalue weighted by atomic mass is 35.5. The molecule has 0 saturated carbocycles. The summed E-state index contributed by atoms with van der Waals surface area (Å²) in [6.07, 6.45) is -4.10. The van der Waals surface area contributed by atoms with Gasteiger partial charge in [0.15, 0.2) is 5.11 Å². The molecule has 1 unspecified atom stereocenters. The van der Waals surface area contributed by atoms with E-state index in [1.807, 2.05) is 55.5 Å². The summed E-state index contributed by atoms with van der Waals surface area (Å²) in [7, 11) is 1.57. The van der Waals surface area contributed by atoms with Gasteiger partial charge in [-0.25, -0.2) is 0 Å². The summed E-state index contributed by atoms with van der Waals surface area (Å²) >= 11 is 12.7. The molecular formula is C25H23ClF3N3O2S2. The third-order valence-corrected chi connectivity index (χ3v) is 6.83. The van der Waals surface area contributed by atoms with Crippen LogP contribution >= 0.6 is 35.6 Å². The Morgan fingerprint density at radius 2 is 1.78 bits per heavy atom. The van der Waals surface area contributed by atoms with Gasteiger partial charge in [-0.05, 0) is 67.2 Å². The van der Waals surface area contributed by atoms with Crippen molar-refractivity contribution in [2.45, 2.75) is 29.7 Å². The number of hydrogen-bond acceptors (Lipinski definition) is 4. The van der Waals surface area contributed by atoms with Crippen LogP contribution in [0.3, 0.4) is 0 Å². The summed E-state index contributed by atoms with van der Waals surface area (Å²) in [4.78, 5) is 13.6. The highest BCUT2D eigenvalue weighted by molar-refractivity contribution is 8.00. The first kappa shape index (κ1) is 27.6. The lowest BCUT2D eigenvalue weighted by Gasteiger charge is -2.17. The van der Waals surface area contributed by atoms with Gasteiger partial charge in [-0.1, -0.05) is 36.7 Å². The number of thiocarbonyl (C=S) groups is 1. The molecule has 5 nitrogen and oxygen atoms in total. The molecular weight excluding hydrogens is 531 g/mol. The smallest absolute Gasteiger partial charge is 0.416 e. The van der Waals surface area contributed by atoms with E-state index in [9.17, 15) is 18.0 Å². The van der Waals surface area contributed by atoms with Crippen LogP contribution in [0.2, 0.25) is 5.02 Å². The zero-order valence-corrected chi connectivity index (χ0v) is 21.7. The Morgan fingerprint density at radius 3 is 2.47 bits per heavy atom. The molecule has 0 saturated heterocycles. The lowest BCUT2D eigenvalue weighted by molar-refractivity contribution is -0.137. The van der Waals surface area contributed by atoms with Crippen LogP contribution in [-0.2, 0) is 11.0 Å². The highest BCUT2D eigenvalue weighted by Crippen LogP contribution is 2.35. The van der Waals surface area contributed by atoms with E-state index >= 15 is 0 Å². The van der Waals surface area contributed by atoms with Gasteiger partial charge in [0.1, 0.15) is 5.75 Å². The fourth-order valence-corrected chi connectivity index (χ4v) is 4.58. The predicted octanol–water partition coefficient (Wildman–Crippen LogP) is 7.69. The topological polar surface area (TPSA) is 62.4 Å². The van der Waals surface area contributed by atoms with Crippen molar-refractivity contribution >= 4 is 63.7 Å². The predicted molar refractivity (Wildman–Crippen MR) is 144 cm³/mol. The number of para-hydroxylation sites is 2. The molecule has 3 rings (SSSR count). The average Bonchev–Trinajstić information content (AvgIpc) is 2.83. The standard InChI is InChI=1S/C25H23ClF3N3O2S2/c1-3-22(23(33)31-20-13-15(25(27,28)29)11-12-18(20)26)36-17-8-6-7-16(14-17)30-24(35)32-19-9-4-5-10-21(19)34-2/h4-14,22H,3H2,1-2H3,(H,31,33)(H2,30,32,35). The lowest BCUT2D eigenvalue weighted by Crippen LogP contribution is -2.25. The molecule has 11 heteroatoms. The van der Waals surface area contributed by atoms with Crippen LogP contribution in [0.25, 0.3) is 0 Å². The first-order valence-corrected chi connectivity index (χ1v) is 12.4. The van der Waals surface area contributed by atoms with Crippen LogP contribution in [0, 0.1) is 0 Å². The molecule has 0 fully saturated rings. The van der Waals surface area contributed by atoms with Crippen LogP contribution < -0.4 is 20.7 Å². The summed E-state index contributed by atoms with van der Waals surface area (Å²) in [5, 5.41) is 8.52. The second kappa shape index (κ2) is 12.3.